The fourth-order valence-corrected chi connectivity index (χ4v) is 3.71. The number of hydrogen-bond acceptors (Lipinski definition) is 4. The maximum atomic E-state index is 13.7. The van der Waals surface area contributed by atoms with E-state index in [9.17, 15) is 19.1 Å². The van der Waals surface area contributed by atoms with Gasteiger partial charge in [0.25, 0.3) is 11.8 Å². The van der Waals surface area contributed by atoms with E-state index in [2.05, 4.69) is 21.9 Å². The monoisotopic (exact) mass is 515 g/mol. The maximum absolute atomic E-state index is 13.7. The zero-order valence-corrected chi connectivity index (χ0v) is 17.8. The number of carbonyl (C=O) groups excluding carboxylic acids is 2. The summed E-state index contributed by atoms with van der Waals surface area (Å²) in [6, 6.07) is 5.59. The van der Waals surface area contributed by atoms with Gasteiger partial charge < -0.3 is 10.1 Å². The van der Waals surface area contributed by atoms with E-state index >= 15 is 0 Å². The van der Waals surface area contributed by atoms with Crippen molar-refractivity contribution in [3.63, 3.8) is 0 Å². The molecule has 2 aliphatic rings. The third-order valence-electron chi connectivity index (χ3n) is 4.87. The van der Waals surface area contributed by atoms with Crippen molar-refractivity contribution in [2.24, 2.45) is 0 Å². The van der Waals surface area contributed by atoms with Gasteiger partial charge in [-0.3, -0.25) is 19.9 Å². The van der Waals surface area contributed by atoms with Crippen molar-refractivity contribution < 1.29 is 43.2 Å². The molecule has 0 spiro atoms. The predicted octanol–water partition coefficient (Wildman–Crippen LogP) is 2.95. The average molecular weight is 514 g/mol. The SMILES string of the molecule is O=C1NC(=O)c2c1c1cc(F)cnc1c1[nH]c3ccc([O-])cc3c21.[C-]#[O+].[CH]1[CH][CH][CH][CH]1.[Ru+2]. The molecular formula is C23H12FN3O4Ru+. The van der Waals surface area contributed by atoms with Crippen LogP contribution in [0.15, 0.2) is 30.5 Å². The Morgan fingerprint density at radius 3 is 2.22 bits per heavy atom. The van der Waals surface area contributed by atoms with E-state index in [-0.39, 0.29) is 41.7 Å². The van der Waals surface area contributed by atoms with E-state index in [4.69, 9.17) is 4.65 Å². The van der Waals surface area contributed by atoms with Gasteiger partial charge in [-0.1, -0.05) is 12.1 Å². The van der Waals surface area contributed by atoms with Crippen molar-refractivity contribution in [2.75, 3.05) is 0 Å². The first-order valence-electron chi connectivity index (χ1n) is 9.01. The van der Waals surface area contributed by atoms with Crippen molar-refractivity contribution in [1.29, 1.82) is 0 Å². The molecule has 9 heteroatoms. The summed E-state index contributed by atoms with van der Waals surface area (Å²) < 4.78 is 21.2. The Kier molecular flexibility index (Phi) is 7.04. The molecule has 2 amide bonds. The van der Waals surface area contributed by atoms with Gasteiger partial charge in [0.1, 0.15) is 5.82 Å². The largest absolute Gasteiger partial charge is 2.00 e. The molecule has 32 heavy (non-hydrogen) atoms. The Labute approximate surface area is 194 Å². The van der Waals surface area contributed by atoms with Crippen molar-refractivity contribution in [3.05, 3.63) is 86.2 Å². The molecule has 3 heterocycles. The molecule has 2 N–H and O–H groups in total. The van der Waals surface area contributed by atoms with Crippen LogP contribution in [0.4, 0.5) is 4.39 Å². The first-order chi connectivity index (χ1) is 15.0. The van der Waals surface area contributed by atoms with Crippen LogP contribution in [0, 0.1) is 44.6 Å². The zero-order valence-electron chi connectivity index (χ0n) is 16.1. The Morgan fingerprint density at radius 2 is 1.56 bits per heavy atom. The number of imide groups is 1. The van der Waals surface area contributed by atoms with Gasteiger partial charge >= 0.3 is 30.8 Å². The van der Waals surface area contributed by atoms with E-state index in [0.29, 0.717) is 27.3 Å². The summed E-state index contributed by atoms with van der Waals surface area (Å²) in [5, 5.41) is 15.2. The number of aromatic amines is 1. The van der Waals surface area contributed by atoms with Crippen molar-refractivity contribution in [1.82, 2.24) is 15.3 Å². The van der Waals surface area contributed by atoms with E-state index in [1.807, 2.05) is 32.1 Å². The van der Waals surface area contributed by atoms with Gasteiger partial charge in [-0.25, -0.2) is 4.39 Å². The summed E-state index contributed by atoms with van der Waals surface area (Å²) in [6.45, 7) is 4.50. The summed E-state index contributed by atoms with van der Waals surface area (Å²) in [5.74, 6) is -1.98. The minimum Gasteiger partial charge on any atom is -0.0312 e. The number of fused-ring (bicyclic) bond motifs is 8. The van der Waals surface area contributed by atoms with Crippen LogP contribution in [-0.2, 0) is 24.1 Å². The Bertz CT molecular complexity index is 1370. The molecule has 0 saturated heterocycles. The van der Waals surface area contributed by atoms with Crippen LogP contribution in [0.2, 0.25) is 0 Å². The normalized spacial score (nSPS) is 14.2. The molecule has 1 fully saturated rings. The number of nitrogens with one attached hydrogen (secondary N) is 2. The molecule has 157 valence electrons. The maximum Gasteiger partial charge on any atom is 2.00 e. The van der Waals surface area contributed by atoms with E-state index in [1.165, 1.54) is 18.2 Å². The van der Waals surface area contributed by atoms with Gasteiger partial charge in [0.05, 0.1) is 28.4 Å². The van der Waals surface area contributed by atoms with E-state index in [0.717, 1.165) is 6.20 Å². The third-order valence-corrected chi connectivity index (χ3v) is 4.87. The second kappa shape index (κ2) is 9.57. The Morgan fingerprint density at radius 1 is 0.938 bits per heavy atom. The number of hydrogen-bond donors (Lipinski definition) is 2. The Hall–Kier alpha value is -3.12. The summed E-state index contributed by atoms with van der Waals surface area (Å²) in [6.07, 6.45) is 11.0. The molecule has 2 aromatic carbocycles. The van der Waals surface area contributed by atoms with Crippen LogP contribution in [0.5, 0.6) is 5.75 Å². The standard InChI is InChI=1S/C17H8FN3O3.C5H5.CO.Ru/c18-6-3-9-12-13(17(24)21-16(12)23)11-8-4-7(22)1-2-10(8)20-15(11)14(9)19-5-6;1-2-4-5-3-1;1-2;/h1-5,20,22H,(H,21,23,24);1-5H;;/q;;;+2/p-1. The molecule has 1 aliphatic carbocycles. The molecule has 5 radical (unpaired) electrons. The second-order valence-corrected chi connectivity index (χ2v) is 6.63. The number of benzene rings is 2. The molecule has 1 aliphatic heterocycles. The summed E-state index contributed by atoms with van der Waals surface area (Å²) in [4.78, 5) is 31.7. The average Bonchev–Trinajstić information content (AvgIpc) is 3.50. The molecule has 0 bridgehead atoms. The first-order valence-corrected chi connectivity index (χ1v) is 9.01. The summed E-state index contributed by atoms with van der Waals surface area (Å²) >= 11 is 0. The van der Waals surface area contributed by atoms with Crippen molar-refractivity contribution in [2.45, 2.75) is 0 Å². The van der Waals surface area contributed by atoms with Crippen molar-refractivity contribution in [3.8, 4) is 5.75 Å². The Balaban J connectivity index is 0.000000316. The van der Waals surface area contributed by atoms with Gasteiger partial charge in [-0.2, -0.15) is 0 Å². The van der Waals surface area contributed by atoms with Gasteiger partial charge in [0.15, 0.2) is 0 Å². The van der Waals surface area contributed by atoms with Crippen LogP contribution in [-0.4, -0.2) is 21.8 Å². The number of aromatic nitrogens is 2. The molecule has 7 nitrogen and oxygen atoms in total. The minimum absolute atomic E-state index is 0. The number of H-pyrrole nitrogens is 1. The van der Waals surface area contributed by atoms with Crippen LogP contribution < -0.4 is 10.4 Å². The minimum atomic E-state index is -0.603. The summed E-state index contributed by atoms with van der Waals surface area (Å²) in [7, 11) is 0. The van der Waals surface area contributed by atoms with E-state index in [1.54, 1.807) is 6.07 Å². The summed E-state index contributed by atoms with van der Waals surface area (Å²) in [5.41, 5.74) is 1.74. The van der Waals surface area contributed by atoms with Gasteiger partial charge in [-0.15, -0.1) is 5.75 Å². The molecule has 1 saturated carbocycles. The van der Waals surface area contributed by atoms with E-state index < -0.39 is 17.6 Å². The van der Waals surface area contributed by atoms with Gasteiger partial charge in [0.2, 0.25) is 0 Å². The van der Waals surface area contributed by atoms with Crippen LogP contribution in [0.25, 0.3) is 32.7 Å². The van der Waals surface area contributed by atoms with Crippen LogP contribution >= 0.6 is 0 Å². The zero-order chi connectivity index (χ0) is 22.1. The smallest absolute Gasteiger partial charge is 0.0312 e. The number of pyridine rings is 1. The molecule has 2 aromatic heterocycles. The molecule has 6 rings (SSSR count). The number of carbonyl (C=O) groups is 2. The number of rotatable bonds is 0. The molecular weight excluding hydrogens is 502 g/mol. The number of amides is 2. The van der Waals surface area contributed by atoms with Crippen LogP contribution in [0.1, 0.15) is 20.7 Å². The molecule has 0 atom stereocenters. The fourth-order valence-electron chi connectivity index (χ4n) is 3.71. The second-order valence-electron chi connectivity index (χ2n) is 6.63. The topological polar surface area (TPSA) is 118 Å². The third kappa shape index (κ3) is 3.91. The van der Waals surface area contributed by atoms with Crippen LogP contribution in [0.3, 0.4) is 0 Å². The molecule has 0 unspecified atom stereocenters. The fraction of sp³-hybridized carbons (Fsp3) is 0. The quantitative estimate of drug-likeness (QED) is 0.162. The first kappa shape index (κ1) is 23.5. The number of halogens is 1. The van der Waals surface area contributed by atoms with Gasteiger partial charge in [0, 0.05) is 21.7 Å². The predicted molar refractivity (Wildman–Crippen MR) is 108 cm³/mol. The molecule has 4 aromatic rings. The van der Waals surface area contributed by atoms with Gasteiger partial charge in [-0.05, 0) is 44.2 Å². The number of nitrogens with zero attached hydrogens (tertiary/aromatic N) is 1. The van der Waals surface area contributed by atoms with Crippen molar-refractivity contribution >= 4 is 44.5 Å².